The van der Waals surface area contributed by atoms with E-state index in [0.717, 1.165) is 36.7 Å². The van der Waals surface area contributed by atoms with E-state index in [-0.39, 0.29) is 36.5 Å². The molecule has 13 nitrogen and oxygen atoms in total. The molecule has 0 aliphatic rings. The highest BCUT2D eigenvalue weighted by Crippen LogP contribution is 2.58. The Balaban J connectivity index is 2.13. The molecule has 0 aliphatic carbocycles. The van der Waals surface area contributed by atoms with Crippen LogP contribution in [0, 0.1) is 0 Å². The number of benzene rings is 1. The number of pyridine rings is 1. The Kier molecular flexibility index (Phi) is 14.2. The van der Waals surface area contributed by atoms with Crippen molar-refractivity contribution >= 4 is 66.3 Å². The minimum absolute atomic E-state index is 0.0630. The van der Waals surface area contributed by atoms with Crippen molar-refractivity contribution in [2.45, 2.75) is 51.1 Å². The number of thioether (sulfide) groups is 1. The highest BCUT2D eigenvalue weighted by atomic mass is 35.5. The van der Waals surface area contributed by atoms with Gasteiger partial charge < -0.3 is 34.9 Å². The lowest BCUT2D eigenvalue weighted by molar-refractivity contribution is -0.121. The normalized spacial score (nSPS) is 13.1. The average molecular weight is 655 g/mol. The van der Waals surface area contributed by atoms with Gasteiger partial charge in [0.25, 0.3) is 5.24 Å². The Morgan fingerprint density at radius 3 is 2.39 bits per heavy atom. The fourth-order valence-corrected chi connectivity index (χ4v) is 7.42. The first-order valence-electron chi connectivity index (χ1n) is 12.9. The first kappa shape index (κ1) is 35.6. The molecule has 1 aromatic heterocycles. The highest BCUT2D eigenvalue weighted by molar-refractivity contribution is 8.13. The summed E-state index contributed by atoms with van der Waals surface area (Å²) >= 11 is 7.09. The number of aromatic nitrogens is 1. The standard InChI is InChI=1S/C24H37ClN4O9P2S/c1-3-28(13-14-30)12-4-6-17(2)29(21-10-11-26-20-16-18(25)8-9-19(20)21)24(32)41-15-5-7-22(31)27-23(39(33,34)35)40(36,37)38/h8-11,16-17,23,30H,3-7,12-15H2,1-2H3,(H,27,31)(H2,33,34,35)(H2,36,37,38). The van der Waals surface area contributed by atoms with Gasteiger partial charge in [-0.2, -0.15) is 0 Å². The maximum Gasteiger partial charge on any atom is 0.360 e. The van der Waals surface area contributed by atoms with Gasteiger partial charge in [-0.3, -0.25) is 28.6 Å². The summed E-state index contributed by atoms with van der Waals surface area (Å²) in [5.41, 5.74) is -1.36. The minimum atomic E-state index is -5.30. The molecule has 1 aromatic carbocycles. The second kappa shape index (κ2) is 16.3. The number of carbonyl (C=O) groups is 2. The SMILES string of the molecule is CCN(CCO)CCCC(C)N(C(=O)SCCCC(=O)NC(P(=O)(O)O)P(=O)(O)O)c1ccnc2cc(Cl)ccc12. The van der Waals surface area contributed by atoms with E-state index in [1.54, 1.807) is 40.7 Å². The molecule has 0 spiro atoms. The molecule has 1 atom stereocenters. The number of likely N-dealkylation sites (N-methyl/N-ethyl adjacent to an activating group) is 1. The van der Waals surface area contributed by atoms with Crippen molar-refractivity contribution in [1.82, 2.24) is 15.2 Å². The lowest BCUT2D eigenvalue weighted by atomic mass is 10.1. The molecule has 2 rings (SSSR count). The predicted molar refractivity (Wildman–Crippen MR) is 160 cm³/mol. The van der Waals surface area contributed by atoms with E-state index in [1.165, 1.54) is 0 Å². The zero-order chi connectivity index (χ0) is 30.8. The van der Waals surface area contributed by atoms with Crippen LogP contribution < -0.4 is 10.2 Å². The molecule has 230 valence electrons. The number of amides is 2. The van der Waals surface area contributed by atoms with Crippen LogP contribution in [0.3, 0.4) is 0 Å². The lowest BCUT2D eigenvalue weighted by Crippen LogP contribution is -2.37. The number of nitrogens with zero attached hydrogens (tertiary/aromatic N) is 3. The van der Waals surface area contributed by atoms with Crippen molar-refractivity contribution in [3.8, 4) is 0 Å². The van der Waals surface area contributed by atoms with E-state index < -0.39 is 26.6 Å². The summed E-state index contributed by atoms with van der Waals surface area (Å²) in [7, 11) is -10.6. The zero-order valence-corrected chi connectivity index (χ0v) is 26.2. The van der Waals surface area contributed by atoms with Crippen LogP contribution >= 0.6 is 38.6 Å². The topological polar surface area (TPSA) is 201 Å². The van der Waals surface area contributed by atoms with Gasteiger partial charge in [0.05, 0.1) is 17.8 Å². The second-order valence-electron chi connectivity index (χ2n) is 9.35. The van der Waals surface area contributed by atoms with Gasteiger partial charge in [0, 0.05) is 41.4 Å². The van der Waals surface area contributed by atoms with Crippen molar-refractivity contribution in [1.29, 1.82) is 0 Å². The summed E-state index contributed by atoms with van der Waals surface area (Å²) in [6.45, 7) is 6.12. The molecule has 0 aliphatic heterocycles. The van der Waals surface area contributed by atoms with Crippen LogP contribution in [0.2, 0.25) is 5.02 Å². The zero-order valence-electron chi connectivity index (χ0n) is 22.8. The van der Waals surface area contributed by atoms with Crippen LogP contribution in [-0.4, -0.2) is 89.3 Å². The van der Waals surface area contributed by atoms with Crippen LogP contribution in [0.1, 0.15) is 39.5 Å². The third-order valence-electron chi connectivity index (χ3n) is 6.24. The Morgan fingerprint density at radius 1 is 1.10 bits per heavy atom. The maximum absolute atomic E-state index is 13.5. The Bertz CT molecular complexity index is 1260. The van der Waals surface area contributed by atoms with Crippen molar-refractivity contribution in [3.63, 3.8) is 0 Å². The fraction of sp³-hybridized carbons (Fsp3) is 0.542. The number of fused-ring (bicyclic) bond motifs is 1. The third-order valence-corrected chi connectivity index (χ3v) is 10.7. The van der Waals surface area contributed by atoms with Crippen LogP contribution in [0.25, 0.3) is 10.9 Å². The summed E-state index contributed by atoms with van der Waals surface area (Å²) < 4.78 is 22.8. The number of anilines is 1. The molecule has 41 heavy (non-hydrogen) atoms. The van der Waals surface area contributed by atoms with Crippen LogP contribution in [0.5, 0.6) is 0 Å². The number of aliphatic hydroxyl groups excluding tert-OH is 1. The van der Waals surface area contributed by atoms with Gasteiger partial charge in [-0.05, 0) is 63.5 Å². The van der Waals surface area contributed by atoms with Gasteiger partial charge in [0.1, 0.15) is 0 Å². The molecule has 2 amide bonds. The monoisotopic (exact) mass is 654 g/mol. The summed E-state index contributed by atoms with van der Waals surface area (Å²) in [6, 6.07) is 6.73. The fourth-order valence-electron chi connectivity index (χ4n) is 4.18. The second-order valence-corrected chi connectivity index (χ2v) is 14.6. The highest BCUT2D eigenvalue weighted by Gasteiger charge is 2.44. The van der Waals surface area contributed by atoms with Gasteiger partial charge in [-0.1, -0.05) is 30.3 Å². The van der Waals surface area contributed by atoms with Crippen molar-refractivity contribution in [2.24, 2.45) is 0 Å². The number of hydrogen-bond acceptors (Lipinski definition) is 8. The molecular formula is C24H37ClN4O9P2S. The lowest BCUT2D eigenvalue weighted by Gasteiger charge is -2.30. The van der Waals surface area contributed by atoms with Crippen LogP contribution in [-0.2, 0) is 13.9 Å². The van der Waals surface area contributed by atoms with Crippen LogP contribution in [0.4, 0.5) is 10.5 Å². The number of hydrogen-bond donors (Lipinski definition) is 6. The first-order valence-corrected chi connectivity index (χ1v) is 17.6. The molecule has 2 aromatic rings. The van der Waals surface area contributed by atoms with E-state index in [0.29, 0.717) is 29.2 Å². The van der Waals surface area contributed by atoms with Crippen molar-refractivity contribution in [3.05, 3.63) is 35.5 Å². The Labute approximate surface area is 248 Å². The average Bonchev–Trinajstić information content (AvgIpc) is 2.88. The quantitative estimate of drug-likeness (QED) is 0.114. The summed E-state index contributed by atoms with van der Waals surface area (Å²) in [5.74, 6) is -0.790. The molecule has 0 saturated carbocycles. The van der Waals surface area contributed by atoms with Crippen molar-refractivity contribution in [2.75, 3.05) is 36.9 Å². The van der Waals surface area contributed by atoms with Crippen molar-refractivity contribution < 1.29 is 43.4 Å². The smallest absolute Gasteiger partial charge is 0.360 e. The summed E-state index contributed by atoms with van der Waals surface area (Å²) in [5, 5.41) is 11.9. The number of carbonyl (C=O) groups excluding carboxylic acids is 2. The molecule has 17 heteroatoms. The molecule has 1 heterocycles. The molecular weight excluding hydrogens is 618 g/mol. The molecule has 6 N–H and O–H groups in total. The Hall–Kier alpha value is -1.57. The summed E-state index contributed by atoms with van der Waals surface area (Å²) in [6.07, 6.45) is 2.84. The van der Waals surface area contributed by atoms with Crippen LogP contribution in [0.15, 0.2) is 30.5 Å². The molecule has 0 radical (unpaired) electrons. The van der Waals surface area contributed by atoms with E-state index in [2.05, 4.69) is 9.88 Å². The molecule has 0 fully saturated rings. The van der Waals surface area contributed by atoms with Gasteiger partial charge in [-0.25, -0.2) is 0 Å². The van der Waals surface area contributed by atoms with Gasteiger partial charge >= 0.3 is 15.2 Å². The third kappa shape index (κ3) is 11.2. The minimum Gasteiger partial charge on any atom is -0.395 e. The molecule has 0 saturated heterocycles. The number of nitrogens with one attached hydrogen (secondary N) is 1. The summed E-state index contributed by atoms with van der Waals surface area (Å²) in [4.78, 5) is 70.5. The van der Waals surface area contributed by atoms with Gasteiger partial charge in [0.15, 0.2) is 0 Å². The molecule has 0 bridgehead atoms. The first-order chi connectivity index (χ1) is 19.2. The van der Waals surface area contributed by atoms with E-state index in [9.17, 15) is 43.4 Å². The number of halogens is 1. The number of aliphatic hydroxyl groups is 1. The Morgan fingerprint density at radius 2 is 1.78 bits per heavy atom. The van der Waals surface area contributed by atoms with E-state index in [4.69, 9.17) is 11.6 Å². The predicted octanol–water partition coefficient (Wildman–Crippen LogP) is 3.57. The van der Waals surface area contributed by atoms with E-state index >= 15 is 0 Å². The maximum atomic E-state index is 13.5. The largest absolute Gasteiger partial charge is 0.395 e. The number of rotatable bonds is 16. The van der Waals surface area contributed by atoms with E-state index in [1.807, 2.05) is 13.8 Å². The molecule has 1 unspecified atom stereocenters. The van der Waals surface area contributed by atoms with Gasteiger partial charge in [0.2, 0.25) is 11.4 Å². The van der Waals surface area contributed by atoms with Gasteiger partial charge in [-0.15, -0.1) is 0 Å².